The van der Waals surface area contributed by atoms with Crippen molar-refractivity contribution in [1.29, 1.82) is 0 Å². The third-order valence-corrected chi connectivity index (χ3v) is 2.57. The van der Waals surface area contributed by atoms with Crippen LogP contribution < -0.4 is 20.5 Å². The number of nitrogens with one attached hydrogen (secondary N) is 1. The van der Waals surface area contributed by atoms with Crippen LogP contribution in [0.4, 0.5) is 11.6 Å². The second kappa shape index (κ2) is 6.56. The number of nitrogens with zero attached hydrogens (tertiary/aromatic N) is 2. The third-order valence-electron chi connectivity index (χ3n) is 2.57. The molecule has 110 valence electrons. The fourth-order valence-electron chi connectivity index (χ4n) is 1.62. The summed E-state index contributed by atoms with van der Waals surface area (Å²) in [6.07, 6.45) is 0. The van der Waals surface area contributed by atoms with Crippen LogP contribution >= 0.6 is 0 Å². The molecule has 1 heterocycles. The number of methoxy groups -OCH3 is 1. The Morgan fingerprint density at radius 1 is 1.33 bits per heavy atom. The number of anilines is 2. The van der Waals surface area contributed by atoms with Crippen molar-refractivity contribution < 1.29 is 14.3 Å². The van der Waals surface area contributed by atoms with E-state index in [0.29, 0.717) is 23.0 Å². The quantitative estimate of drug-likeness (QED) is 0.807. The zero-order chi connectivity index (χ0) is 15.2. The lowest BCUT2D eigenvalue weighted by atomic mass is 10.3. The van der Waals surface area contributed by atoms with Gasteiger partial charge in [0.1, 0.15) is 5.75 Å². The number of amides is 1. The number of carbonyl (C=O) groups excluding carboxylic acids is 1. The van der Waals surface area contributed by atoms with Gasteiger partial charge in [-0.05, 0) is 19.1 Å². The number of benzene rings is 1. The summed E-state index contributed by atoms with van der Waals surface area (Å²) in [5.74, 6) is 0.619. The number of carbonyl (C=O) groups is 1. The topological polar surface area (TPSA) is 99.4 Å². The second-order valence-electron chi connectivity index (χ2n) is 4.25. The number of aromatic nitrogens is 2. The molecule has 2 aromatic rings. The number of nitrogen functional groups attached to an aromatic ring is 1. The molecule has 0 saturated carbocycles. The van der Waals surface area contributed by atoms with Crippen LogP contribution in [0, 0.1) is 6.92 Å². The Morgan fingerprint density at radius 2 is 2.10 bits per heavy atom. The van der Waals surface area contributed by atoms with Crippen molar-refractivity contribution in [2.45, 2.75) is 6.92 Å². The van der Waals surface area contributed by atoms with Gasteiger partial charge in [-0.2, -0.15) is 4.98 Å². The molecule has 1 aromatic heterocycles. The summed E-state index contributed by atoms with van der Waals surface area (Å²) in [5.41, 5.74) is 6.88. The van der Waals surface area contributed by atoms with E-state index in [4.69, 9.17) is 15.2 Å². The minimum atomic E-state index is -0.383. The Bertz CT molecular complexity index is 646. The van der Waals surface area contributed by atoms with Gasteiger partial charge in [0.05, 0.1) is 12.8 Å². The van der Waals surface area contributed by atoms with E-state index in [1.165, 1.54) is 7.11 Å². The Balaban J connectivity index is 1.96. The van der Waals surface area contributed by atoms with Crippen molar-refractivity contribution >= 4 is 17.5 Å². The summed E-state index contributed by atoms with van der Waals surface area (Å²) < 4.78 is 10.3. The SMILES string of the molecule is COc1cc(C)nc(NC(=O)COc2ccccc2N)n1. The van der Waals surface area contributed by atoms with Crippen molar-refractivity contribution in [1.82, 2.24) is 9.97 Å². The minimum absolute atomic E-state index is 0.168. The number of para-hydroxylation sites is 2. The Labute approximate surface area is 122 Å². The van der Waals surface area contributed by atoms with Crippen molar-refractivity contribution in [2.75, 3.05) is 24.8 Å². The van der Waals surface area contributed by atoms with Gasteiger partial charge in [-0.1, -0.05) is 12.1 Å². The molecule has 3 N–H and O–H groups in total. The summed E-state index contributed by atoms with van der Waals surface area (Å²) in [4.78, 5) is 19.9. The number of hydrogen-bond donors (Lipinski definition) is 2. The molecule has 0 fully saturated rings. The standard InChI is InChI=1S/C14H16N4O3/c1-9-7-13(20-2)18-14(16-9)17-12(19)8-21-11-6-4-3-5-10(11)15/h3-7H,8,15H2,1-2H3,(H,16,17,18,19). The van der Waals surface area contributed by atoms with Crippen molar-refractivity contribution in [3.05, 3.63) is 36.0 Å². The molecule has 0 aliphatic heterocycles. The highest BCUT2D eigenvalue weighted by molar-refractivity contribution is 5.90. The molecule has 1 amide bonds. The monoisotopic (exact) mass is 288 g/mol. The van der Waals surface area contributed by atoms with Gasteiger partial charge in [0.2, 0.25) is 11.8 Å². The highest BCUT2D eigenvalue weighted by Crippen LogP contribution is 2.19. The van der Waals surface area contributed by atoms with Crippen LogP contribution in [-0.4, -0.2) is 29.6 Å². The van der Waals surface area contributed by atoms with Crippen molar-refractivity contribution in [3.8, 4) is 11.6 Å². The van der Waals surface area contributed by atoms with Crippen LogP contribution in [0.5, 0.6) is 11.6 Å². The molecule has 0 unspecified atom stereocenters. The minimum Gasteiger partial charge on any atom is -0.482 e. The maximum Gasteiger partial charge on any atom is 0.264 e. The Kier molecular flexibility index (Phi) is 4.55. The maximum absolute atomic E-state index is 11.8. The van der Waals surface area contributed by atoms with Gasteiger partial charge in [0.15, 0.2) is 6.61 Å². The molecule has 7 nitrogen and oxygen atoms in total. The first-order valence-corrected chi connectivity index (χ1v) is 6.25. The molecule has 0 aliphatic rings. The zero-order valence-corrected chi connectivity index (χ0v) is 11.8. The first-order valence-electron chi connectivity index (χ1n) is 6.25. The molecule has 1 aromatic carbocycles. The van der Waals surface area contributed by atoms with Crippen LogP contribution in [0.3, 0.4) is 0 Å². The fraction of sp³-hybridized carbons (Fsp3) is 0.214. The molecule has 0 radical (unpaired) electrons. The number of hydrogen-bond acceptors (Lipinski definition) is 6. The highest BCUT2D eigenvalue weighted by Gasteiger charge is 2.09. The summed E-state index contributed by atoms with van der Waals surface area (Å²) in [5, 5.41) is 2.54. The summed E-state index contributed by atoms with van der Waals surface area (Å²) in [6, 6.07) is 8.61. The van der Waals surface area contributed by atoms with Crippen molar-refractivity contribution in [2.24, 2.45) is 0 Å². The molecular formula is C14H16N4O3. The van der Waals surface area contributed by atoms with E-state index in [0.717, 1.165) is 0 Å². The first-order chi connectivity index (χ1) is 10.1. The Morgan fingerprint density at radius 3 is 2.81 bits per heavy atom. The van der Waals surface area contributed by atoms with Gasteiger partial charge in [-0.25, -0.2) is 4.98 Å². The lowest BCUT2D eigenvalue weighted by Crippen LogP contribution is -2.22. The van der Waals surface area contributed by atoms with Crippen LogP contribution in [0.1, 0.15) is 5.69 Å². The van der Waals surface area contributed by atoms with E-state index in [-0.39, 0.29) is 18.5 Å². The van der Waals surface area contributed by atoms with Crippen LogP contribution in [0.2, 0.25) is 0 Å². The average Bonchev–Trinajstić information content (AvgIpc) is 2.45. The molecule has 0 bridgehead atoms. The molecule has 0 saturated heterocycles. The smallest absolute Gasteiger partial charge is 0.264 e. The lowest BCUT2D eigenvalue weighted by molar-refractivity contribution is -0.118. The molecule has 0 spiro atoms. The molecule has 2 rings (SSSR count). The first kappa shape index (κ1) is 14.6. The second-order valence-corrected chi connectivity index (χ2v) is 4.25. The zero-order valence-electron chi connectivity index (χ0n) is 11.8. The predicted octanol–water partition coefficient (Wildman–Crippen LogP) is 1.39. The number of nitrogens with two attached hydrogens (primary N) is 1. The molecule has 7 heteroatoms. The van der Waals surface area contributed by atoms with Gasteiger partial charge in [-0.15, -0.1) is 0 Å². The fourth-order valence-corrected chi connectivity index (χ4v) is 1.62. The number of aryl methyl sites for hydroxylation is 1. The van der Waals surface area contributed by atoms with E-state index < -0.39 is 0 Å². The van der Waals surface area contributed by atoms with Gasteiger partial charge >= 0.3 is 0 Å². The average molecular weight is 288 g/mol. The lowest BCUT2D eigenvalue weighted by Gasteiger charge is -2.09. The molecular weight excluding hydrogens is 272 g/mol. The van der Waals surface area contributed by atoms with Crippen LogP contribution in [-0.2, 0) is 4.79 Å². The van der Waals surface area contributed by atoms with E-state index >= 15 is 0 Å². The predicted molar refractivity (Wildman–Crippen MR) is 78.3 cm³/mol. The van der Waals surface area contributed by atoms with E-state index in [1.807, 2.05) is 0 Å². The van der Waals surface area contributed by atoms with Crippen LogP contribution in [0.25, 0.3) is 0 Å². The van der Waals surface area contributed by atoms with E-state index in [2.05, 4.69) is 15.3 Å². The van der Waals surface area contributed by atoms with Crippen LogP contribution in [0.15, 0.2) is 30.3 Å². The van der Waals surface area contributed by atoms with Gasteiger partial charge < -0.3 is 15.2 Å². The number of rotatable bonds is 5. The summed E-state index contributed by atoms with van der Waals surface area (Å²) in [6.45, 7) is 1.59. The van der Waals surface area contributed by atoms with Gasteiger partial charge in [-0.3, -0.25) is 10.1 Å². The third kappa shape index (κ3) is 4.07. The van der Waals surface area contributed by atoms with E-state index in [1.54, 1.807) is 37.3 Å². The highest BCUT2D eigenvalue weighted by atomic mass is 16.5. The normalized spacial score (nSPS) is 10.0. The van der Waals surface area contributed by atoms with E-state index in [9.17, 15) is 4.79 Å². The summed E-state index contributed by atoms with van der Waals surface area (Å²) >= 11 is 0. The van der Waals surface area contributed by atoms with Gasteiger partial charge in [0, 0.05) is 11.8 Å². The van der Waals surface area contributed by atoms with Gasteiger partial charge in [0.25, 0.3) is 5.91 Å². The molecule has 0 atom stereocenters. The molecule has 0 aliphatic carbocycles. The number of ether oxygens (including phenoxy) is 2. The maximum atomic E-state index is 11.8. The summed E-state index contributed by atoms with van der Waals surface area (Å²) in [7, 11) is 1.49. The molecule has 21 heavy (non-hydrogen) atoms. The Hall–Kier alpha value is -2.83. The van der Waals surface area contributed by atoms with Crippen molar-refractivity contribution in [3.63, 3.8) is 0 Å². The largest absolute Gasteiger partial charge is 0.482 e.